The molecule has 0 aliphatic heterocycles. The molecule has 0 spiro atoms. The Morgan fingerprint density at radius 3 is 2.43 bits per heavy atom. The van der Waals surface area contributed by atoms with Crippen LogP contribution in [-0.2, 0) is 11.3 Å². The highest BCUT2D eigenvalue weighted by atomic mass is 35.5. The number of methoxy groups -OCH3 is 2. The number of nitrogens with zero attached hydrogens (tertiary/aromatic N) is 1. The molecule has 2 aromatic carbocycles. The normalized spacial score (nSPS) is 13.2. The van der Waals surface area contributed by atoms with Gasteiger partial charge in [-0.15, -0.1) is 0 Å². The van der Waals surface area contributed by atoms with Crippen LogP contribution in [0.15, 0.2) is 42.5 Å². The summed E-state index contributed by atoms with van der Waals surface area (Å²) in [7, 11) is 4.66. The Balaban J connectivity index is 1.73. The van der Waals surface area contributed by atoms with E-state index in [0.717, 1.165) is 24.0 Å². The Morgan fingerprint density at radius 2 is 1.87 bits per heavy atom. The molecule has 3 rings (SSSR count). The monoisotopic (exact) mass is 428 g/mol. The minimum absolute atomic E-state index is 0.0706. The Morgan fingerprint density at radius 1 is 1.17 bits per heavy atom. The summed E-state index contributed by atoms with van der Waals surface area (Å²) in [6.45, 7) is 0.495. The highest BCUT2D eigenvalue weighted by Gasteiger charge is 2.31. The first-order valence-corrected chi connectivity index (χ1v) is 10.1. The molecule has 1 saturated carbocycles. The molecule has 0 atom stereocenters. The summed E-state index contributed by atoms with van der Waals surface area (Å²) in [5, 5.41) is 3.02. The Hall–Kier alpha value is -2.99. The minimum Gasteiger partial charge on any atom is -0.493 e. The minimum atomic E-state index is -0.131. The molecule has 0 radical (unpaired) electrons. The largest absolute Gasteiger partial charge is 0.493 e. The first-order chi connectivity index (χ1) is 14.5. The van der Waals surface area contributed by atoms with Crippen LogP contribution in [0.2, 0.25) is 5.02 Å². The molecule has 1 N–H and O–H groups in total. The molecule has 2 amide bonds. The first-order valence-electron chi connectivity index (χ1n) is 9.68. The van der Waals surface area contributed by atoms with E-state index in [9.17, 15) is 9.59 Å². The average Bonchev–Trinajstić information content (AvgIpc) is 3.60. The zero-order valence-corrected chi connectivity index (χ0v) is 18.0. The number of amides is 2. The quantitative estimate of drug-likeness (QED) is 0.647. The maximum absolute atomic E-state index is 12.9. The van der Waals surface area contributed by atoms with E-state index in [4.69, 9.17) is 21.1 Å². The second kappa shape index (κ2) is 9.67. The van der Waals surface area contributed by atoms with Crippen LogP contribution in [-0.4, -0.2) is 44.0 Å². The number of hydrogen-bond acceptors (Lipinski definition) is 4. The number of benzene rings is 2. The van der Waals surface area contributed by atoms with Gasteiger partial charge >= 0.3 is 0 Å². The molecule has 2 aromatic rings. The standard InChI is InChI=1S/C23H25ClN2O4/c1-25-23(28)17-7-4-15(5-8-17)14-26(18-9-10-18)21(27)11-6-16-12-19(24)22(30-3)20(13-16)29-2/h4-8,11-13,18H,9-10,14H2,1-3H3,(H,25,28)/b11-6+. The lowest BCUT2D eigenvalue weighted by atomic mass is 10.1. The van der Waals surface area contributed by atoms with E-state index >= 15 is 0 Å². The average molecular weight is 429 g/mol. The van der Waals surface area contributed by atoms with Crippen LogP contribution in [0.5, 0.6) is 11.5 Å². The smallest absolute Gasteiger partial charge is 0.251 e. The van der Waals surface area contributed by atoms with Crippen molar-refractivity contribution in [3.63, 3.8) is 0 Å². The lowest BCUT2D eigenvalue weighted by molar-refractivity contribution is -0.127. The molecular formula is C23H25ClN2O4. The van der Waals surface area contributed by atoms with Crippen molar-refractivity contribution in [1.29, 1.82) is 0 Å². The fraction of sp³-hybridized carbons (Fsp3) is 0.304. The van der Waals surface area contributed by atoms with E-state index < -0.39 is 0 Å². The van der Waals surface area contributed by atoms with Crippen LogP contribution in [0.1, 0.15) is 34.3 Å². The zero-order valence-electron chi connectivity index (χ0n) is 17.3. The van der Waals surface area contributed by atoms with Gasteiger partial charge in [0.1, 0.15) is 0 Å². The number of ether oxygens (including phenoxy) is 2. The summed E-state index contributed by atoms with van der Waals surface area (Å²) in [5.74, 6) is 0.766. The number of hydrogen-bond donors (Lipinski definition) is 1. The fourth-order valence-electron chi connectivity index (χ4n) is 3.17. The van der Waals surface area contributed by atoms with Crippen molar-refractivity contribution in [3.05, 3.63) is 64.2 Å². The predicted octanol–water partition coefficient (Wildman–Crippen LogP) is 3.92. The molecule has 0 saturated heterocycles. The van der Waals surface area contributed by atoms with Crippen LogP contribution in [0.3, 0.4) is 0 Å². The van der Waals surface area contributed by atoms with Crippen LogP contribution >= 0.6 is 11.6 Å². The van der Waals surface area contributed by atoms with Gasteiger partial charge in [-0.2, -0.15) is 0 Å². The van der Waals surface area contributed by atoms with Gasteiger partial charge in [0.15, 0.2) is 11.5 Å². The van der Waals surface area contributed by atoms with Gasteiger partial charge in [0, 0.05) is 31.3 Å². The third-order valence-electron chi connectivity index (χ3n) is 4.94. The van der Waals surface area contributed by atoms with E-state index in [0.29, 0.717) is 28.6 Å². The van der Waals surface area contributed by atoms with Crippen molar-refractivity contribution < 1.29 is 19.1 Å². The summed E-state index contributed by atoms with van der Waals surface area (Å²) >= 11 is 6.24. The van der Waals surface area contributed by atoms with E-state index in [1.54, 1.807) is 43.5 Å². The van der Waals surface area contributed by atoms with E-state index in [1.165, 1.54) is 14.2 Å². The van der Waals surface area contributed by atoms with E-state index in [2.05, 4.69) is 5.32 Å². The van der Waals surface area contributed by atoms with Crippen molar-refractivity contribution in [2.24, 2.45) is 0 Å². The molecule has 158 valence electrons. The second-order valence-corrected chi connectivity index (χ2v) is 7.45. The highest BCUT2D eigenvalue weighted by molar-refractivity contribution is 6.32. The summed E-state index contributed by atoms with van der Waals surface area (Å²) in [6, 6.07) is 11.0. The number of halogens is 1. The van der Waals surface area contributed by atoms with E-state index in [1.807, 2.05) is 17.0 Å². The van der Waals surface area contributed by atoms with Gasteiger partial charge in [-0.05, 0) is 54.3 Å². The van der Waals surface area contributed by atoms with Gasteiger partial charge in [0.05, 0.1) is 19.2 Å². The molecular weight excluding hydrogens is 404 g/mol. The van der Waals surface area contributed by atoms with Crippen molar-refractivity contribution in [1.82, 2.24) is 10.2 Å². The summed E-state index contributed by atoms with van der Waals surface area (Å²) in [5.41, 5.74) is 2.32. The molecule has 0 heterocycles. The molecule has 1 fully saturated rings. The topological polar surface area (TPSA) is 67.9 Å². The van der Waals surface area contributed by atoms with Crippen molar-refractivity contribution in [2.45, 2.75) is 25.4 Å². The van der Waals surface area contributed by atoms with Gasteiger partial charge in [0.25, 0.3) is 5.91 Å². The first kappa shape index (κ1) is 21.7. The third kappa shape index (κ3) is 5.13. The maximum atomic E-state index is 12.9. The maximum Gasteiger partial charge on any atom is 0.251 e. The molecule has 7 heteroatoms. The lowest BCUT2D eigenvalue weighted by Gasteiger charge is -2.21. The van der Waals surface area contributed by atoms with Crippen LogP contribution in [0.25, 0.3) is 6.08 Å². The molecule has 6 nitrogen and oxygen atoms in total. The Labute approximate surface area is 181 Å². The number of carbonyl (C=O) groups is 2. The predicted molar refractivity (Wildman–Crippen MR) is 117 cm³/mol. The molecule has 0 bridgehead atoms. The fourth-order valence-corrected chi connectivity index (χ4v) is 3.47. The molecule has 1 aliphatic rings. The van der Waals surface area contributed by atoms with Gasteiger partial charge in [0.2, 0.25) is 5.91 Å². The van der Waals surface area contributed by atoms with Crippen molar-refractivity contribution in [2.75, 3.05) is 21.3 Å². The second-order valence-electron chi connectivity index (χ2n) is 7.04. The molecule has 1 aliphatic carbocycles. The molecule has 0 unspecified atom stereocenters. The Bertz CT molecular complexity index is 952. The van der Waals surface area contributed by atoms with E-state index in [-0.39, 0.29) is 17.9 Å². The SMILES string of the molecule is CNC(=O)c1ccc(CN(C(=O)/C=C/c2cc(Cl)c(OC)c(OC)c2)C2CC2)cc1. The lowest BCUT2D eigenvalue weighted by Crippen LogP contribution is -2.31. The highest BCUT2D eigenvalue weighted by Crippen LogP contribution is 2.36. The van der Waals surface area contributed by atoms with Crippen LogP contribution in [0.4, 0.5) is 0 Å². The van der Waals surface area contributed by atoms with Gasteiger partial charge in [-0.1, -0.05) is 23.7 Å². The van der Waals surface area contributed by atoms with Gasteiger partial charge in [-0.3, -0.25) is 9.59 Å². The summed E-state index contributed by atoms with van der Waals surface area (Å²) in [6.07, 6.45) is 5.27. The number of carbonyl (C=O) groups excluding carboxylic acids is 2. The number of rotatable bonds is 8. The zero-order chi connectivity index (χ0) is 21.7. The van der Waals surface area contributed by atoms with Crippen molar-refractivity contribution >= 4 is 29.5 Å². The van der Waals surface area contributed by atoms with Crippen LogP contribution in [0, 0.1) is 0 Å². The van der Waals surface area contributed by atoms with Gasteiger partial charge in [-0.25, -0.2) is 0 Å². The summed E-state index contributed by atoms with van der Waals surface area (Å²) in [4.78, 5) is 26.4. The number of nitrogens with one attached hydrogen (secondary N) is 1. The molecule has 30 heavy (non-hydrogen) atoms. The summed E-state index contributed by atoms with van der Waals surface area (Å²) < 4.78 is 10.5. The molecule has 0 aromatic heterocycles. The van der Waals surface area contributed by atoms with Crippen LogP contribution < -0.4 is 14.8 Å². The van der Waals surface area contributed by atoms with Gasteiger partial charge < -0.3 is 19.7 Å². The van der Waals surface area contributed by atoms with Crippen molar-refractivity contribution in [3.8, 4) is 11.5 Å². The Kier molecular flexibility index (Phi) is 7.00. The third-order valence-corrected chi connectivity index (χ3v) is 5.22.